The molecule has 12 heteroatoms. The van der Waals surface area contributed by atoms with Crippen molar-refractivity contribution in [1.82, 2.24) is 9.80 Å². The topological polar surface area (TPSA) is 132 Å². The van der Waals surface area contributed by atoms with Crippen LogP contribution in [0.1, 0.15) is 152 Å². The number of unbranched alkanes of at least 4 members (excludes halogenated alkanes) is 11. The quantitative estimate of drug-likeness (QED) is 0.0278. The Balaban J connectivity index is 1.23. The van der Waals surface area contributed by atoms with Gasteiger partial charge in [0.15, 0.2) is 0 Å². The summed E-state index contributed by atoms with van der Waals surface area (Å²) in [6.07, 6.45) is 22.8. The van der Waals surface area contributed by atoms with Gasteiger partial charge in [0.1, 0.15) is 24.1 Å². The summed E-state index contributed by atoms with van der Waals surface area (Å²) < 4.78 is 33.9. The van der Waals surface area contributed by atoms with Gasteiger partial charge in [-0.25, -0.2) is 4.79 Å². The molecule has 72 heavy (non-hydrogen) atoms. The number of amides is 1. The van der Waals surface area contributed by atoms with E-state index in [4.69, 9.17) is 33.7 Å². The van der Waals surface area contributed by atoms with Crippen LogP contribution >= 0.6 is 0 Å². The highest BCUT2D eigenvalue weighted by atomic mass is 16.8. The monoisotopic (exact) mass is 992 g/mol. The van der Waals surface area contributed by atoms with Crippen molar-refractivity contribution < 1.29 is 43.5 Å². The second kappa shape index (κ2) is 27.7. The largest absolute Gasteiger partial charge is 0.492 e. The number of oxime groups is 1. The third-order valence-electron chi connectivity index (χ3n) is 15.8. The van der Waals surface area contributed by atoms with Crippen LogP contribution in [0.5, 0.6) is 11.5 Å². The lowest BCUT2D eigenvalue weighted by Gasteiger charge is -2.60. The normalized spacial score (nSPS) is 25.0. The molecule has 2 aliphatic carbocycles. The molecule has 0 radical (unpaired) electrons. The minimum atomic E-state index is -1.42. The molecule has 3 heterocycles. The molecule has 5 aliphatic rings. The number of hydrogen-bond acceptors (Lipinski definition) is 11. The number of fused-ring (bicyclic) bond motifs is 3. The fraction of sp³-hybridized carbons (Fsp3) is 0.633. The van der Waals surface area contributed by atoms with Crippen LogP contribution in [0.2, 0.25) is 0 Å². The van der Waals surface area contributed by atoms with E-state index in [2.05, 4.69) is 60.9 Å². The maximum Gasteiger partial charge on any atom is 0.410 e. The Bertz CT molecular complexity index is 2220. The number of rotatable bonds is 31. The van der Waals surface area contributed by atoms with Crippen molar-refractivity contribution in [3.63, 3.8) is 0 Å². The van der Waals surface area contributed by atoms with Crippen molar-refractivity contribution >= 4 is 22.6 Å². The average molecular weight is 992 g/mol. The van der Waals surface area contributed by atoms with Crippen LogP contribution in [0.15, 0.2) is 90.1 Å². The van der Waals surface area contributed by atoms with E-state index in [1.807, 2.05) is 29.2 Å². The molecule has 1 amide bonds. The smallest absolute Gasteiger partial charge is 0.410 e. The number of aliphatic hydroxyl groups excluding tert-OH is 2. The van der Waals surface area contributed by atoms with Gasteiger partial charge < -0.3 is 38.7 Å². The number of carbonyl (C=O) groups is 1. The second-order valence-electron chi connectivity index (χ2n) is 20.9. The molecule has 2 N–H and O–H groups in total. The summed E-state index contributed by atoms with van der Waals surface area (Å²) in [5.41, 5.74) is 3.76. The van der Waals surface area contributed by atoms with Crippen LogP contribution in [0.4, 0.5) is 4.79 Å². The lowest BCUT2D eigenvalue weighted by atomic mass is 9.55. The summed E-state index contributed by atoms with van der Waals surface area (Å²) in [5.74, 6) is -0.380. The molecule has 2 saturated heterocycles. The van der Waals surface area contributed by atoms with E-state index >= 15 is 4.79 Å². The summed E-state index contributed by atoms with van der Waals surface area (Å²) in [6, 6.07) is 20.1. The van der Waals surface area contributed by atoms with Crippen molar-refractivity contribution in [2.75, 3.05) is 59.3 Å². The van der Waals surface area contributed by atoms with E-state index in [9.17, 15) is 10.2 Å². The highest BCUT2D eigenvalue weighted by molar-refractivity contribution is 6.03. The molecule has 0 bridgehead atoms. The highest BCUT2D eigenvalue weighted by Gasteiger charge is 2.66. The Kier molecular flexibility index (Phi) is 20.7. The van der Waals surface area contributed by atoms with Gasteiger partial charge in [0.2, 0.25) is 12.1 Å². The standard InChI is InChI=1S/C60H85N3O9/c1-3-5-6-7-8-9-10-11-12-20-39-69-59(66)63(44-47-26-22-25-45-23-13-14-27-49(45)47)55-43-53(61-72-56-29-17-21-38-68-56)51-41-46(24-15-18-35-64)50(28-16-19-36-65)57-52-42-48(67-40-34-62-32-33-62)30-31-54(52)71-60(55,58(51)57)70-37-4-2/h4,13-14,22-23,25-27,30-31,41-42,46,50,55-58,64-65H,2-3,5-12,15-21,24,28-29,32-40,43-44H2,1H3/t46-,50+,55-,56?,57+,58+,60+/m0/s1. The van der Waals surface area contributed by atoms with Gasteiger partial charge in [-0.2, -0.15) is 0 Å². The molecule has 12 nitrogen and oxygen atoms in total. The molecule has 0 aromatic heterocycles. The molecule has 3 fully saturated rings. The fourth-order valence-electron chi connectivity index (χ4n) is 12.0. The zero-order valence-corrected chi connectivity index (χ0v) is 43.4. The van der Waals surface area contributed by atoms with E-state index in [1.54, 1.807) is 6.08 Å². The van der Waals surface area contributed by atoms with Gasteiger partial charge in [-0.1, -0.05) is 137 Å². The zero-order valence-electron chi connectivity index (χ0n) is 43.4. The van der Waals surface area contributed by atoms with Gasteiger partial charge in [-0.05, 0) is 96.9 Å². The van der Waals surface area contributed by atoms with Crippen molar-refractivity contribution in [2.45, 2.75) is 166 Å². The van der Waals surface area contributed by atoms with Crippen molar-refractivity contribution in [3.05, 3.63) is 96.1 Å². The summed E-state index contributed by atoms with van der Waals surface area (Å²) in [4.78, 5) is 26.0. The molecule has 3 aliphatic heterocycles. The van der Waals surface area contributed by atoms with Crippen LogP contribution in [0.3, 0.4) is 0 Å². The first kappa shape index (κ1) is 53.8. The third-order valence-corrected chi connectivity index (χ3v) is 15.8. The summed E-state index contributed by atoms with van der Waals surface area (Å²) in [6.45, 7) is 11.6. The van der Waals surface area contributed by atoms with Crippen LogP contribution < -0.4 is 9.47 Å². The Morgan fingerprint density at radius 1 is 0.889 bits per heavy atom. The first-order valence-corrected chi connectivity index (χ1v) is 28.1. The lowest BCUT2D eigenvalue weighted by Crippen LogP contribution is -2.70. The number of aliphatic hydroxyl groups is 2. The van der Waals surface area contributed by atoms with Crippen LogP contribution in [-0.2, 0) is 25.6 Å². The minimum Gasteiger partial charge on any atom is -0.492 e. The summed E-state index contributed by atoms with van der Waals surface area (Å²) in [7, 11) is 0. The van der Waals surface area contributed by atoms with Crippen LogP contribution in [-0.4, -0.2) is 109 Å². The number of allylic oxidation sites excluding steroid dienone is 1. The van der Waals surface area contributed by atoms with E-state index < -0.39 is 30.1 Å². The van der Waals surface area contributed by atoms with E-state index in [1.165, 1.54) is 44.9 Å². The molecule has 3 aromatic rings. The van der Waals surface area contributed by atoms with Gasteiger partial charge in [-0.15, -0.1) is 6.58 Å². The van der Waals surface area contributed by atoms with Gasteiger partial charge in [0.05, 0.1) is 38.0 Å². The van der Waals surface area contributed by atoms with Crippen molar-refractivity contribution in [3.8, 4) is 11.5 Å². The first-order valence-electron chi connectivity index (χ1n) is 28.1. The van der Waals surface area contributed by atoms with Crippen molar-refractivity contribution in [1.29, 1.82) is 0 Å². The van der Waals surface area contributed by atoms with Gasteiger partial charge in [-0.3, -0.25) is 9.80 Å². The fourth-order valence-corrected chi connectivity index (χ4v) is 12.0. The number of hydrogen-bond donors (Lipinski definition) is 2. The van der Waals surface area contributed by atoms with Gasteiger partial charge >= 0.3 is 6.09 Å². The van der Waals surface area contributed by atoms with Crippen LogP contribution in [0, 0.1) is 17.8 Å². The molecule has 0 spiro atoms. The average Bonchev–Trinajstić information content (AvgIpc) is 4.24. The maximum absolute atomic E-state index is 15.4. The van der Waals surface area contributed by atoms with Crippen LogP contribution in [0.25, 0.3) is 10.8 Å². The van der Waals surface area contributed by atoms with Crippen molar-refractivity contribution in [2.24, 2.45) is 22.9 Å². The number of nitrogens with zero attached hydrogens (tertiary/aromatic N) is 3. The second-order valence-corrected chi connectivity index (χ2v) is 20.9. The third kappa shape index (κ3) is 13.8. The lowest BCUT2D eigenvalue weighted by molar-refractivity contribution is -0.256. The van der Waals surface area contributed by atoms with E-state index in [0.717, 1.165) is 123 Å². The first-order chi connectivity index (χ1) is 35.5. The molecule has 8 rings (SSSR count). The SMILES string of the molecule is C=CCO[C@@]12Oc3ccc(OCCN4CC4)cc3[C@H]3[C@H](CCCCO)[C@@H](CCCCO)C=C(C(=NOC4CCCCO4)C[C@@H]1N(Cc1cccc4ccccc14)C(=O)OCCCCCCCCCCCC)[C@H]32. The maximum atomic E-state index is 15.4. The van der Waals surface area contributed by atoms with Gasteiger partial charge in [0.25, 0.3) is 0 Å². The Hall–Kier alpha value is -4.46. The summed E-state index contributed by atoms with van der Waals surface area (Å²) >= 11 is 0. The van der Waals surface area contributed by atoms with Gasteiger partial charge in [0, 0.05) is 57.2 Å². The molecule has 7 atom stereocenters. The molecule has 1 saturated carbocycles. The predicted molar refractivity (Wildman–Crippen MR) is 284 cm³/mol. The molecule has 3 aromatic carbocycles. The Labute approximate surface area is 430 Å². The number of ether oxygens (including phenoxy) is 5. The molecule has 394 valence electrons. The highest BCUT2D eigenvalue weighted by Crippen LogP contribution is 2.62. The summed E-state index contributed by atoms with van der Waals surface area (Å²) in [5, 5.41) is 27.4. The van der Waals surface area contributed by atoms with E-state index in [0.29, 0.717) is 38.4 Å². The number of carbonyl (C=O) groups excluding carboxylic acids is 1. The Morgan fingerprint density at radius 3 is 2.40 bits per heavy atom. The zero-order chi connectivity index (χ0) is 50.0. The number of benzene rings is 3. The minimum absolute atomic E-state index is 0.0866. The molecular formula is C60H85N3O9. The van der Waals surface area contributed by atoms with E-state index in [-0.39, 0.29) is 50.5 Å². The molecule has 1 unspecified atom stereocenters. The molecular weight excluding hydrogens is 907 g/mol. The Morgan fingerprint density at radius 2 is 1.65 bits per heavy atom. The predicted octanol–water partition coefficient (Wildman–Crippen LogP) is 12.3.